The Labute approximate surface area is 169 Å². The Morgan fingerprint density at radius 3 is 2.54 bits per heavy atom. The number of piperidine rings is 1. The normalized spacial score (nSPS) is 15.9. The maximum absolute atomic E-state index is 12.5. The Morgan fingerprint density at radius 2 is 1.86 bits per heavy atom. The number of benzene rings is 1. The molecular weight excluding hydrogens is 352 g/mol. The van der Waals surface area contributed by atoms with E-state index < -0.39 is 0 Å². The topological polar surface area (TPSA) is 58.6 Å². The Balaban J connectivity index is 1.61. The third-order valence-electron chi connectivity index (χ3n) is 5.43. The van der Waals surface area contributed by atoms with Crippen LogP contribution in [0.3, 0.4) is 0 Å². The highest BCUT2D eigenvalue weighted by atomic mass is 16.5. The summed E-state index contributed by atoms with van der Waals surface area (Å²) in [7, 11) is 0. The third kappa shape index (κ3) is 7.91. The second kappa shape index (κ2) is 12.4. The SMILES string of the molecule is CCCCCCC(C)NC(=O)C1CCN(C(=O)CCOc2ccccc2)CC1. The van der Waals surface area contributed by atoms with Crippen LogP contribution in [0, 0.1) is 5.92 Å². The second-order valence-electron chi connectivity index (χ2n) is 7.83. The second-order valence-corrected chi connectivity index (χ2v) is 7.83. The molecule has 1 aromatic carbocycles. The number of likely N-dealkylation sites (tertiary alicyclic amines) is 1. The molecule has 1 aromatic rings. The lowest BCUT2D eigenvalue weighted by atomic mass is 9.95. The van der Waals surface area contributed by atoms with Crippen LogP contribution in [-0.2, 0) is 9.59 Å². The van der Waals surface area contributed by atoms with Crippen LogP contribution in [0.4, 0.5) is 0 Å². The summed E-state index contributed by atoms with van der Waals surface area (Å²) in [5.41, 5.74) is 0. The number of ether oxygens (including phenoxy) is 1. The number of hydrogen-bond donors (Lipinski definition) is 1. The minimum atomic E-state index is 0.0303. The predicted octanol–water partition coefficient (Wildman–Crippen LogP) is 4.17. The van der Waals surface area contributed by atoms with Gasteiger partial charge in [0, 0.05) is 25.0 Å². The first kappa shape index (κ1) is 22.3. The van der Waals surface area contributed by atoms with Crippen LogP contribution in [0.5, 0.6) is 5.75 Å². The first-order chi connectivity index (χ1) is 13.6. The van der Waals surface area contributed by atoms with Crippen LogP contribution in [0.2, 0.25) is 0 Å². The van der Waals surface area contributed by atoms with E-state index in [2.05, 4.69) is 19.2 Å². The lowest BCUT2D eigenvalue weighted by Crippen LogP contribution is -2.45. The van der Waals surface area contributed by atoms with Gasteiger partial charge in [0.05, 0.1) is 13.0 Å². The Hall–Kier alpha value is -2.04. The first-order valence-electron chi connectivity index (χ1n) is 10.9. The van der Waals surface area contributed by atoms with Crippen molar-refractivity contribution in [1.82, 2.24) is 10.2 Å². The van der Waals surface area contributed by atoms with E-state index in [4.69, 9.17) is 4.74 Å². The molecule has 1 heterocycles. The average Bonchev–Trinajstić information content (AvgIpc) is 2.72. The number of nitrogens with one attached hydrogen (secondary N) is 1. The number of nitrogens with zero attached hydrogens (tertiary/aromatic N) is 1. The highest BCUT2D eigenvalue weighted by Gasteiger charge is 2.27. The number of rotatable bonds is 11. The third-order valence-corrected chi connectivity index (χ3v) is 5.43. The van der Waals surface area contributed by atoms with Crippen LogP contribution in [0.1, 0.15) is 65.2 Å². The van der Waals surface area contributed by atoms with Gasteiger partial charge in [-0.1, -0.05) is 50.8 Å². The number of hydrogen-bond acceptors (Lipinski definition) is 3. The zero-order valence-corrected chi connectivity index (χ0v) is 17.5. The predicted molar refractivity (Wildman–Crippen MR) is 112 cm³/mol. The van der Waals surface area contributed by atoms with Crippen molar-refractivity contribution in [2.75, 3.05) is 19.7 Å². The molecule has 1 aliphatic heterocycles. The lowest BCUT2D eigenvalue weighted by molar-refractivity contribution is -0.136. The lowest BCUT2D eigenvalue weighted by Gasteiger charge is -2.32. The zero-order chi connectivity index (χ0) is 20.2. The van der Waals surface area contributed by atoms with Crippen molar-refractivity contribution >= 4 is 11.8 Å². The van der Waals surface area contributed by atoms with Gasteiger partial charge in [-0.05, 0) is 38.3 Å². The van der Waals surface area contributed by atoms with Gasteiger partial charge in [0.15, 0.2) is 0 Å². The summed E-state index contributed by atoms with van der Waals surface area (Å²) < 4.78 is 5.61. The molecule has 2 amide bonds. The highest BCUT2D eigenvalue weighted by molar-refractivity contribution is 5.80. The fourth-order valence-electron chi connectivity index (χ4n) is 3.63. The molecule has 0 spiro atoms. The highest BCUT2D eigenvalue weighted by Crippen LogP contribution is 2.19. The molecule has 156 valence electrons. The Morgan fingerprint density at radius 1 is 1.14 bits per heavy atom. The molecule has 0 aliphatic carbocycles. The molecule has 1 unspecified atom stereocenters. The maximum Gasteiger partial charge on any atom is 0.225 e. The van der Waals surface area contributed by atoms with Gasteiger partial charge in [0.2, 0.25) is 11.8 Å². The molecule has 1 aliphatic rings. The van der Waals surface area contributed by atoms with Gasteiger partial charge in [0.1, 0.15) is 5.75 Å². The standard InChI is InChI=1S/C23H36N2O3/c1-3-4-5-7-10-19(2)24-23(27)20-13-16-25(17-14-20)22(26)15-18-28-21-11-8-6-9-12-21/h6,8-9,11-12,19-20H,3-5,7,10,13-18H2,1-2H3,(H,24,27). The molecule has 5 heteroatoms. The molecule has 5 nitrogen and oxygen atoms in total. The van der Waals surface area contributed by atoms with Crippen LogP contribution in [-0.4, -0.2) is 42.5 Å². The molecular formula is C23H36N2O3. The maximum atomic E-state index is 12.5. The molecule has 1 N–H and O–H groups in total. The molecule has 1 atom stereocenters. The quantitative estimate of drug-likeness (QED) is 0.579. The van der Waals surface area contributed by atoms with Gasteiger partial charge < -0.3 is 15.0 Å². The minimum Gasteiger partial charge on any atom is -0.493 e. The molecule has 2 rings (SSSR count). The molecule has 0 bridgehead atoms. The Bertz CT molecular complexity index is 583. The number of carbonyl (C=O) groups excluding carboxylic acids is 2. The van der Waals surface area contributed by atoms with Crippen molar-refractivity contribution in [3.8, 4) is 5.75 Å². The van der Waals surface area contributed by atoms with E-state index in [1.54, 1.807) is 0 Å². The van der Waals surface area contributed by atoms with Gasteiger partial charge in [-0.3, -0.25) is 9.59 Å². The molecule has 0 aromatic heterocycles. The van der Waals surface area contributed by atoms with Crippen molar-refractivity contribution < 1.29 is 14.3 Å². The summed E-state index contributed by atoms with van der Waals surface area (Å²) in [4.78, 5) is 26.7. The molecule has 1 saturated heterocycles. The summed E-state index contributed by atoms with van der Waals surface area (Å²) in [5, 5.41) is 3.16. The fraction of sp³-hybridized carbons (Fsp3) is 0.652. The van der Waals surface area contributed by atoms with Crippen LogP contribution in [0.25, 0.3) is 0 Å². The smallest absolute Gasteiger partial charge is 0.225 e. The van der Waals surface area contributed by atoms with E-state index >= 15 is 0 Å². The number of unbranched alkanes of at least 4 members (excludes halogenated alkanes) is 3. The molecule has 0 saturated carbocycles. The summed E-state index contributed by atoms with van der Waals surface area (Å²) in [6.07, 6.45) is 7.84. The molecule has 28 heavy (non-hydrogen) atoms. The van der Waals surface area contributed by atoms with Gasteiger partial charge >= 0.3 is 0 Å². The van der Waals surface area contributed by atoms with Crippen molar-refractivity contribution in [3.05, 3.63) is 30.3 Å². The number of amides is 2. The van der Waals surface area contributed by atoms with Crippen LogP contribution >= 0.6 is 0 Å². The molecule has 1 fully saturated rings. The van der Waals surface area contributed by atoms with Crippen molar-refractivity contribution in [2.45, 2.75) is 71.3 Å². The number of carbonyl (C=O) groups is 2. The Kier molecular flexibility index (Phi) is 9.87. The fourth-order valence-corrected chi connectivity index (χ4v) is 3.63. The van der Waals surface area contributed by atoms with Crippen LogP contribution in [0.15, 0.2) is 30.3 Å². The minimum absolute atomic E-state index is 0.0303. The summed E-state index contributed by atoms with van der Waals surface area (Å²) in [5.74, 6) is 1.08. The number of para-hydroxylation sites is 1. The summed E-state index contributed by atoms with van der Waals surface area (Å²) >= 11 is 0. The zero-order valence-electron chi connectivity index (χ0n) is 17.5. The first-order valence-corrected chi connectivity index (χ1v) is 10.9. The van der Waals surface area contributed by atoms with E-state index in [9.17, 15) is 9.59 Å². The average molecular weight is 389 g/mol. The van der Waals surface area contributed by atoms with E-state index in [1.807, 2.05) is 35.2 Å². The van der Waals surface area contributed by atoms with Gasteiger partial charge in [-0.25, -0.2) is 0 Å². The van der Waals surface area contributed by atoms with Crippen molar-refractivity contribution in [3.63, 3.8) is 0 Å². The summed E-state index contributed by atoms with van der Waals surface area (Å²) in [6, 6.07) is 9.78. The van der Waals surface area contributed by atoms with Gasteiger partial charge in [-0.15, -0.1) is 0 Å². The van der Waals surface area contributed by atoms with Gasteiger partial charge in [0.25, 0.3) is 0 Å². The van der Waals surface area contributed by atoms with E-state index in [1.165, 1.54) is 25.7 Å². The summed E-state index contributed by atoms with van der Waals surface area (Å²) in [6.45, 7) is 6.01. The van der Waals surface area contributed by atoms with E-state index in [0.717, 1.165) is 25.0 Å². The van der Waals surface area contributed by atoms with Crippen molar-refractivity contribution in [2.24, 2.45) is 5.92 Å². The molecule has 0 radical (unpaired) electrons. The van der Waals surface area contributed by atoms with E-state index in [0.29, 0.717) is 26.1 Å². The van der Waals surface area contributed by atoms with Gasteiger partial charge in [-0.2, -0.15) is 0 Å². The van der Waals surface area contributed by atoms with Crippen molar-refractivity contribution in [1.29, 1.82) is 0 Å². The monoisotopic (exact) mass is 388 g/mol. The van der Waals surface area contributed by atoms with E-state index in [-0.39, 0.29) is 23.8 Å². The van der Waals surface area contributed by atoms with Crippen LogP contribution < -0.4 is 10.1 Å². The largest absolute Gasteiger partial charge is 0.493 e.